The van der Waals surface area contributed by atoms with E-state index in [1.807, 2.05) is 6.92 Å². The van der Waals surface area contributed by atoms with Crippen molar-refractivity contribution in [2.45, 2.75) is 112 Å². The molecule has 5 aliphatic rings. The minimum atomic E-state index is -1.03. The molecular formula is C31H48O4. The van der Waals surface area contributed by atoms with Gasteiger partial charge in [-0.05, 0) is 116 Å². The first-order valence-electron chi connectivity index (χ1n) is 14.3. The van der Waals surface area contributed by atoms with Gasteiger partial charge < -0.3 is 9.84 Å². The smallest absolute Gasteiger partial charge is 0.313 e. The van der Waals surface area contributed by atoms with Crippen LogP contribution in [0.2, 0.25) is 0 Å². The Kier molecular flexibility index (Phi) is 5.67. The number of carboxylic acids is 1. The first kappa shape index (κ1) is 25.3. The zero-order valence-electron chi connectivity index (χ0n) is 23.2. The quantitative estimate of drug-likeness (QED) is 0.338. The highest BCUT2D eigenvalue weighted by Crippen LogP contribution is 2.75. The predicted octanol–water partition coefficient (Wildman–Crippen LogP) is 7.27. The van der Waals surface area contributed by atoms with E-state index in [-0.39, 0.29) is 22.2 Å². The van der Waals surface area contributed by atoms with Crippen LogP contribution in [0.5, 0.6) is 0 Å². The Balaban J connectivity index is 1.58. The van der Waals surface area contributed by atoms with E-state index in [1.165, 1.54) is 25.7 Å². The lowest BCUT2D eigenvalue weighted by Crippen LogP contribution is -2.66. The average molecular weight is 485 g/mol. The molecule has 0 amide bonds. The van der Waals surface area contributed by atoms with Crippen molar-refractivity contribution >= 4 is 12.4 Å². The molecule has 0 saturated heterocycles. The van der Waals surface area contributed by atoms with E-state index in [4.69, 9.17) is 4.74 Å². The summed E-state index contributed by atoms with van der Waals surface area (Å²) in [5.41, 5.74) is 1.42. The second kappa shape index (κ2) is 7.84. The minimum absolute atomic E-state index is 0.0188. The van der Waals surface area contributed by atoms with E-state index < -0.39 is 17.5 Å². The SMILES string of the molecule is C[C@H]1[C@H](C)CC[C@]2(C)CC[C@]3(C)C(=CC[C@@H]4[C@@]5(C)CC[C@@H](OC=O)[C@](C)(C(=O)O)[C@@H]5CC[C@]43C)[C@H]12. The molecule has 0 unspecified atom stereocenters. The average Bonchev–Trinajstić information content (AvgIpc) is 2.79. The molecule has 0 spiro atoms. The summed E-state index contributed by atoms with van der Waals surface area (Å²) in [7, 11) is 0. The molecule has 4 saturated carbocycles. The van der Waals surface area contributed by atoms with Crippen molar-refractivity contribution in [3.63, 3.8) is 0 Å². The highest BCUT2D eigenvalue weighted by molar-refractivity contribution is 5.76. The maximum Gasteiger partial charge on any atom is 0.313 e. The van der Waals surface area contributed by atoms with Crippen LogP contribution in [0.1, 0.15) is 106 Å². The molecule has 35 heavy (non-hydrogen) atoms. The lowest BCUT2D eigenvalue weighted by Gasteiger charge is -2.71. The molecular weight excluding hydrogens is 436 g/mol. The van der Waals surface area contributed by atoms with Crippen molar-refractivity contribution in [2.24, 2.45) is 56.7 Å². The molecule has 0 aromatic heterocycles. The van der Waals surface area contributed by atoms with E-state index in [9.17, 15) is 14.7 Å². The van der Waals surface area contributed by atoms with Gasteiger partial charge >= 0.3 is 5.97 Å². The number of carbonyl (C=O) groups excluding carboxylic acids is 1. The van der Waals surface area contributed by atoms with Crippen molar-refractivity contribution in [1.82, 2.24) is 0 Å². The van der Waals surface area contributed by atoms with Gasteiger partial charge in [0.25, 0.3) is 6.47 Å². The molecule has 0 aromatic rings. The van der Waals surface area contributed by atoms with Crippen LogP contribution in [0.15, 0.2) is 11.6 Å². The molecule has 0 radical (unpaired) electrons. The topological polar surface area (TPSA) is 63.6 Å². The van der Waals surface area contributed by atoms with Crippen LogP contribution in [0.25, 0.3) is 0 Å². The molecule has 0 aliphatic heterocycles. The Morgan fingerprint density at radius 1 is 0.971 bits per heavy atom. The number of carbonyl (C=O) groups is 2. The van der Waals surface area contributed by atoms with Crippen LogP contribution in [-0.4, -0.2) is 23.7 Å². The van der Waals surface area contributed by atoms with Gasteiger partial charge in [0.1, 0.15) is 11.5 Å². The Morgan fingerprint density at radius 3 is 2.34 bits per heavy atom. The highest BCUT2D eigenvalue weighted by atomic mass is 16.5. The largest absolute Gasteiger partial charge is 0.481 e. The van der Waals surface area contributed by atoms with Crippen molar-refractivity contribution in [3.8, 4) is 0 Å². The van der Waals surface area contributed by atoms with Crippen LogP contribution < -0.4 is 0 Å². The van der Waals surface area contributed by atoms with Crippen LogP contribution in [-0.2, 0) is 14.3 Å². The number of ether oxygens (including phenoxy) is 1. The Morgan fingerprint density at radius 2 is 1.69 bits per heavy atom. The monoisotopic (exact) mass is 484 g/mol. The zero-order chi connectivity index (χ0) is 25.6. The van der Waals surface area contributed by atoms with Gasteiger partial charge in [0, 0.05) is 0 Å². The second-order valence-electron chi connectivity index (χ2n) is 14.6. The summed E-state index contributed by atoms with van der Waals surface area (Å²) in [4.78, 5) is 24.0. The van der Waals surface area contributed by atoms with E-state index in [2.05, 4.69) is 47.6 Å². The van der Waals surface area contributed by atoms with E-state index in [0.717, 1.165) is 37.5 Å². The van der Waals surface area contributed by atoms with Gasteiger partial charge in [0.2, 0.25) is 0 Å². The fraction of sp³-hybridized carbons (Fsp3) is 0.871. The molecule has 0 bridgehead atoms. The number of aliphatic carboxylic acids is 1. The van der Waals surface area contributed by atoms with Crippen LogP contribution in [0, 0.1) is 56.7 Å². The molecule has 4 fully saturated rings. The molecule has 5 aliphatic carbocycles. The Labute approximate surface area is 212 Å². The number of carboxylic acid groups (broad SMARTS) is 1. The fourth-order valence-corrected chi connectivity index (χ4v) is 11.1. The zero-order valence-corrected chi connectivity index (χ0v) is 23.2. The third-order valence-corrected chi connectivity index (χ3v) is 13.7. The number of hydrogen-bond donors (Lipinski definition) is 1. The summed E-state index contributed by atoms with van der Waals surface area (Å²) in [6.07, 6.45) is 12.0. The summed E-state index contributed by atoms with van der Waals surface area (Å²) in [5.74, 6) is 1.84. The van der Waals surface area contributed by atoms with E-state index >= 15 is 0 Å². The maximum absolute atomic E-state index is 12.7. The van der Waals surface area contributed by atoms with Crippen LogP contribution in [0.4, 0.5) is 0 Å². The molecule has 4 heteroatoms. The summed E-state index contributed by atoms with van der Waals surface area (Å²) in [6.45, 7) is 17.4. The number of allylic oxidation sites excluding steroid dienone is 2. The van der Waals surface area contributed by atoms with Gasteiger partial charge in [-0.15, -0.1) is 0 Å². The van der Waals surface area contributed by atoms with E-state index in [0.29, 0.717) is 30.1 Å². The number of hydrogen-bond acceptors (Lipinski definition) is 3. The molecule has 1 N–H and O–H groups in total. The predicted molar refractivity (Wildman–Crippen MR) is 138 cm³/mol. The van der Waals surface area contributed by atoms with Crippen LogP contribution in [0.3, 0.4) is 0 Å². The summed E-state index contributed by atoms with van der Waals surface area (Å²) < 4.78 is 5.44. The minimum Gasteiger partial charge on any atom is -0.481 e. The van der Waals surface area contributed by atoms with Gasteiger partial charge in [0.15, 0.2) is 0 Å². The lowest BCUT2D eigenvalue weighted by atomic mass is 9.33. The van der Waals surface area contributed by atoms with Gasteiger partial charge in [-0.1, -0.05) is 53.2 Å². The first-order chi connectivity index (χ1) is 16.3. The number of fused-ring (bicyclic) bond motifs is 7. The molecule has 196 valence electrons. The second-order valence-corrected chi connectivity index (χ2v) is 14.6. The van der Waals surface area contributed by atoms with Crippen molar-refractivity contribution in [1.29, 1.82) is 0 Å². The van der Waals surface area contributed by atoms with Crippen molar-refractivity contribution in [3.05, 3.63) is 11.6 Å². The lowest BCUT2D eigenvalue weighted by molar-refractivity contribution is -0.220. The summed E-state index contributed by atoms with van der Waals surface area (Å²) in [6, 6.07) is 0. The molecule has 0 aromatic carbocycles. The molecule has 0 heterocycles. The normalized spacial score (nSPS) is 55.3. The third kappa shape index (κ3) is 3.03. The Hall–Kier alpha value is -1.32. The van der Waals surface area contributed by atoms with Gasteiger partial charge in [0.05, 0.1) is 0 Å². The molecule has 11 atom stereocenters. The van der Waals surface area contributed by atoms with Crippen molar-refractivity contribution in [2.75, 3.05) is 0 Å². The summed E-state index contributed by atoms with van der Waals surface area (Å²) >= 11 is 0. The fourth-order valence-electron chi connectivity index (χ4n) is 11.1. The number of rotatable bonds is 3. The molecule has 5 rings (SSSR count). The summed E-state index contributed by atoms with van der Waals surface area (Å²) in [5, 5.41) is 10.5. The van der Waals surface area contributed by atoms with Crippen molar-refractivity contribution < 1.29 is 19.4 Å². The molecule has 4 nitrogen and oxygen atoms in total. The highest BCUT2D eigenvalue weighted by Gasteiger charge is 2.70. The first-order valence-corrected chi connectivity index (χ1v) is 14.3. The maximum atomic E-state index is 12.7. The third-order valence-electron chi connectivity index (χ3n) is 13.7. The standard InChI is InChI=1S/C31H48O4/c1-19-10-13-27(3)16-17-29(5)21(25(27)20(19)2)8-9-22-28(4)14-12-24(35-18-32)31(7,26(33)34)23(28)11-15-30(22,29)6/h8,18-20,22-25H,9-17H2,1-7H3,(H,33,34)/t19-,20+,22-,23-,24-,25+,27-,28-,29-,30-,31-/m1/s1. The van der Waals surface area contributed by atoms with E-state index in [1.54, 1.807) is 5.57 Å². The van der Waals surface area contributed by atoms with Crippen LogP contribution >= 0.6 is 0 Å². The Bertz CT molecular complexity index is 940. The van der Waals surface area contributed by atoms with Gasteiger partial charge in [-0.2, -0.15) is 0 Å². The van der Waals surface area contributed by atoms with Gasteiger partial charge in [-0.3, -0.25) is 9.59 Å². The van der Waals surface area contributed by atoms with Gasteiger partial charge in [-0.25, -0.2) is 0 Å².